The summed E-state index contributed by atoms with van der Waals surface area (Å²) in [6.45, 7) is 0. The van der Waals surface area contributed by atoms with Crippen LogP contribution in [0.1, 0.15) is 5.56 Å². The van der Waals surface area contributed by atoms with E-state index < -0.39 is 26.9 Å². The summed E-state index contributed by atoms with van der Waals surface area (Å²) in [5, 5.41) is 10.4. The average Bonchev–Trinajstić information content (AvgIpc) is 2.28. The minimum absolute atomic E-state index is 0.162. The fourth-order valence-electron chi connectivity index (χ4n) is 1.09. The maximum Gasteiger partial charge on any atom is 0.523 e. The van der Waals surface area contributed by atoms with Gasteiger partial charge in [-0.3, -0.25) is 10.1 Å². The molecule has 0 spiro atoms. The summed E-state index contributed by atoms with van der Waals surface area (Å²) in [5.74, 6) is -0.583. The number of nitro groups is 1. The Balaban J connectivity index is 2.78. The first-order chi connectivity index (χ1) is 8.34. The first-order valence-corrected chi connectivity index (χ1v) is 6.15. The minimum Gasteiger partial charge on any atom is -0.437 e. The van der Waals surface area contributed by atoms with Gasteiger partial charge in [-0.1, -0.05) is 12.1 Å². The number of ether oxygens (including phenoxy) is 1. The van der Waals surface area contributed by atoms with Crippen molar-refractivity contribution in [2.24, 2.45) is 0 Å². The largest absolute Gasteiger partial charge is 0.523 e. The molecule has 0 aromatic heterocycles. The van der Waals surface area contributed by atoms with Gasteiger partial charge in [0.1, 0.15) is 5.75 Å². The highest BCUT2D eigenvalue weighted by Gasteiger charge is 2.18. The molecule has 9 heteroatoms. The van der Waals surface area contributed by atoms with Crippen molar-refractivity contribution in [1.82, 2.24) is 0 Å². The molecule has 98 valence electrons. The molecule has 1 aromatic rings. The Morgan fingerprint density at radius 2 is 1.89 bits per heavy atom. The maximum atomic E-state index is 11.3. The molecular weight excluding hydrogens is 266 g/mol. The van der Waals surface area contributed by atoms with Crippen LogP contribution in [0.2, 0.25) is 0 Å². The molecule has 1 rings (SSSR count). The Hall–Kier alpha value is -2.16. The normalized spacial score (nSPS) is 10.7. The molecule has 0 aliphatic carbocycles. The van der Waals surface area contributed by atoms with Gasteiger partial charge in [0.2, 0.25) is 0 Å². The summed E-state index contributed by atoms with van der Waals surface area (Å²) in [6.07, 6.45) is -1.34. The van der Waals surface area contributed by atoms with E-state index in [1.165, 1.54) is 12.1 Å². The van der Waals surface area contributed by atoms with Crippen molar-refractivity contribution in [3.63, 3.8) is 0 Å². The van der Waals surface area contributed by atoms with Crippen molar-refractivity contribution in [2.45, 2.75) is 5.75 Å². The second-order valence-electron chi connectivity index (χ2n) is 3.16. The van der Waals surface area contributed by atoms with E-state index >= 15 is 0 Å². The van der Waals surface area contributed by atoms with E-state index in [-0.39, 0.29) is 11.3 Å². The molecule has 0 amide bonds. The zero-order chi connectivity index (χ0) is 13.8. The van der Waals surface area contributed by atoms with Gasteiger partial charge in [-0.15, -0.1) is 0 Å². The smallest absolute Gasteiger partial charge is 0.437 e. The summed E-state index contributed by atoms with van der Waals surface area (Å²) in [4.78, 5) is 20.4. The third-order valence-corrected chi connectivity index (χ3v) is 2.93. The molecule has 1 aromatic carbocycles. The minimum atomic E-state index is -4.12. The van der Waals surface area contributed by atoms with Crippen LogP contribution in [-0.4, -0.2) is 26.6 Å². The van der Waals surface area contributed by atoms with Gasteiger partial charge in [0.05, 0.1) is 12.0 Å². The molecule has 8 nitrogen and oxygen atoms in total. The molecule has 0 saturated heterocycles. The van der Waals surface area contributed by atoms with Gasteiger partial charge < -0.3 is 8.92 Å². The van der Waals surface area contributed by atoms with Gasteiger partial charge in [-0.25, -0.2) is 4.79 Å². The Morgan fingerprint density at radius 3 is 2.33 bits per heavy atom. The molecule has 0 radical (unpaired) electrons. The molecule has 0 bridgehead atoms. The summed E-state index contributed by atoms with van der Waals surface area (Å²) < 4.78 is 30.8. The van der Waals surface area contributed by atoms with E-state index in [9.17, 15) is 23.3 Å². The van der Waals surface area contributed by atoms with E-state index in [1.807, 2.05) is 0 Å². The van der Waals surface area contributed by atoms with Gasteiger partial charge in [0.15, 0.2) is 0 Å². The first-order valence-electron chi connectivity index (χ1n) is 4.57. The number of hydrogen-bond acceptors (Lipinski definition) is 7. The van der Waals surface area contributed by atoms with E-state index in [2.05, 4.69) is 8.92 Å². The summed E-state index contributed by atoms with van der Waals surface area (Å²) in [5.41, 5.74) is 0.0922. The van der Waals surface area contributed by atoms with Crippen molar-refractivity contribution >= 4 is 22.0 Å². The molecule has 0 N–H and O–H groups in total. The van der Waals surface area contributed by atoms with Crippen LogP contribution in [0.4, 0.5) is 10.5 Å². The molecule has 0 heterocycles. The lowest BCUT2D eigenvalue weighted by atomic mass is 10.2. The van der Waals surface area contributed by atoms with Crippen LogP contribution < -0.4 is 0 Å². The fourth-order valence-corrected chi connectivity index (χ4v) is 2.02. The first kappa shape index (κ1) is 13.9. The lowest BCUT2D eigenvalue weighted by Gasteiger charge is -2.04. The monoisotopic (exact) mass is 275 g/mol. The number of carbonyl (C=O) groups is 1. The Labute approximate surface area is 102 Å². The number of non-ortho nitro benzene ring substituents is 1. The second kappa shape index (κ2) is 5.45. The summed E-state index contributed by atoms with van der Waals surface area (Å²) in [7, 11) is -3.15. The van der Waals surface area contributed by atoms with Gasteiger partial charge in [0.25, 0.3) is 5.69 Å². The Bertz CT molecular complexity index is 549. The molecule has 0 atom stereocenters. The number of benzene rings is 1. The quantitative estimate of drug-likeness (QED) is 0.351. The second-order valence-corrected chi connectivity index (χ2v) is 4.73. The topological polar surface area (TPSA) is 113 Å². The van der Waals surface area contributed by atoms with Crippen molar-refractivity contribution in [1.29, 1.82) is 0 Å². The van der Waals surface area contributed by atoms with Crippen LogP contribution in [-0.2, 0) is 24.8 Å². The van der Waals surface area contributed by atoms with Gasteiger partial charge in [-0.2, -0.15) is 8.42 Å². The molecule has 0 fully saturated rings. The van der Waals surface area contributed by atoms with Crippen LogP contribution in [0.15, 0.2) is 24.3 Å². The molecule has 0 aliphatic heterocycles. The number of nitro benzene ring substituents is 1. The number of rotatable bonds is 4. The molecule has 18 heavy (non-hydrogen) atoms. The van der Waals surface area contributed by atoms with Crippen molar-refractivity contribution in [3.05, 3.63) is 39.9 Å². The van der Waals surface area contributed by atoms with E-state index in [4.69, 9.17) is 0 Å². The van der Waals surface area contributed by atoms with Gasteiger partial charge >= 0.3 is 16.3 Å². The van der Waals surface area contributed by atoms with Crippen LogP contribution in [0.5, 0.6) is 0 Å². The highest BCUT2D eigenvalue weighted by atomic mass is 32.2. The van der Waals surface area contributed by atoms with E-state index in [1.54, 1.807) is 0 Å². The SMILES string of the molecule is COC(=O)OS(=O)(=O)Cc1ccc([N+](=O)[O-])cc1. The van der Waals surface area contributed by atoms with Crippen LogP contribution >= 0.6 is 0 Å². The molecular formula is C9H9NO7S. The third-order valence-electron chi connectivity index (χ3n) is 1.85. The van der Waals surface area contributed by atoms with E-state index in [0.717, 1.165) is 19.2 Å². The van der Waals surface area contributed by atoms with E-state index in [0.29, 0.717) is 0 Å². The zero-order valence-corrected chi connectivity index (χ0v) is 10.0. The standard InChI is InChI=1S/C9H9NO7S/c1-16-9(11)17-18(14,15)6-7-2-4-8(5-3-7)10(12)13/h2-5H,6H2,1H3. The number of methoxy groups -OCH3 is 1. The average molecular weight is 275 g/mol. The summed E-state index contributed by atoms with van der Waals surface area (Å²) >= 11 is 0. The van der Waals surface area contributed by atoms with Crippen LogP contribution in [0.25, 0.3) is 0 Å². The Kier molecular flexibility index (Phi) is 4.21. The predicted molar refractivity (Wildman–Crippen MR) is 59.2 cm³/mol. The van der Waals surface area contributed by atoms with Crippen molar-refractivity contribution < 1.29 is 27.1 Å². The van der Waals surface area contributed by atoms with Crippen LogP contribution in [0, 0.1) is 10.1 Å². The molecule has 0 aliphatic rings. The van der Waals surface area contributed by atoms with Crippen LogP contribution in [0.3, 0.4) is 0 Å². The molecule has 0 saturated carbocycles. The molecule has 0 unspecified atom stereocenters. The predicted octanol–water partition coefficient (Wildman–Crippen LogP) is 1.21. The number of nitrogens with zero attached hydrogens (tertiary/aromatic N) is 1. The maximum absolute atomic E-state index is 11.3. The number of carbonyl (C=O) groups excluding carboxylic acids is 1. The lowest BCUT2D eigenvalue weighted by molar-refractivity contribution is -0.384. The third kappa shape index (κ3) is 4.01. The highest BCUT2D eigenvalue weighted by Crippen LogP contribution is 2.14. The van der Waals surface area contributed by atoms with Crippen molar-refractivity contribution in [3.8, 4) is 0 Å². The summed E-state index contributed by atoms with van der Waals surface area (Å²) in [6, 6.07) is 4.83. The Morgan fingerprint density at radius 1 is 1.33 bits per heavy atom. The zero-order valence-electron chi connectivity index (χ0n) is 9.23. The number of hydrogen-bond donors (Lipinski definition) is 0. The lowest BCUT2D eigenvalue weighted by Crippen LogP contribution is -2.14. The fraction of sp³-hybridized carbons (Fsp3) is 0.222. The van der Waals surface area contributed by atoms with Gasteiger partial charge in [-0.05, 0) is 5.56 Å². The highest BCUT2D eigenvalue weighted by molar-refractivity contribution is 7.86. The van der Waals surface area contributed by atoms with Crippen molar-refractivity contribution in [2.75, 3.05) is 7.11 Å². The van der Waals surface area contributed by atoms with Gasteiger partial charge in [0, 0.05) is 12.1 Å².